The van der Waals surface area contributed by atoms with Crippen molar-refractivity contribution in [3.05, 3.63) is 28.8 Å². The maximum atomic E-state index is 11.7. The number of hydrogen-bond donors (Lipinski definition) is 2. The van der Waals surface area contributed by atoms with Gasteiger partial charge in [-0.05, 0) is 24.6 Å². The molecule has 19 heavy (non-hydrogen) atoms. The number of nitrogens with one attached hydrogen (secondary N) is 2. The lowest BCUT2D eigenvalue weighted by atomic mass is 10.2. The first-order valence-electron chi connectivity index (χ1n) is 5.85. The quantitative estimate of drug-likeness (QED) is 0.618. The van der Waals surface area contributed by atoms with Crippen molar-refractivity contribution in [1.82, 2.24) is 5.32 Å². The van der Waals surface area contributed by atoms with E-state index in [1.807, 2.05) is 0 Å². The van der Waals surface area contributed by atoms with E-state index in [1.54, 1.807) is 32.2 Å². The molecule has 104 valence electrons. The molecule has 5 nitrogen and oxygen atoms in total. The molecule has 0 aliphatic carbocycles. The normalized spacial score (nSPS) is 10.1. The number of rotatable bonds is 6. The molecule has 0 saturated heterocycles. The maximum Gasteiger partial charge on any atom is 0.233 e. The van der Waals surface area contributed by atoms with Crippen molar-refractivity contribution in [3.63, 3.8) is 0 Å². The minimum Gasteiger partial charge on any atom is -0.383 e. The highest BCUT2D eigenvalue weighted by Crippen LogP contribution is 2.22. The summed E-state index contributed by atoms with van der Waals surface area (Å²) in [6, 6.07) is 5.22. The van der Waals surface area contributed by atoms with Crippen LogP contribution in [0.2, 0.25) is 5.02 Å². The Balaban J connectivity index is 2.47. The Morgan fingerprint density at radius 3 is 2.74 bits per heavy atom. The van der Waals surface area contributed by atoms with Gasteiger partial charge in [-0.2, -0.15) is 0 Å². The highest BCUT2D eigenvalue weighted by Gasteiger charge is 2.11. The average Bonchev–Trinajstić information content (AvgIpc) is 2.35. The summed E-state index contributed by atoms with van der Waals surface area (Å²) in [6.07, 6.45) is -0.227. The lowest BCUT2D eigenvalue weighted by Crippen LogP contribution is -2.30. The van der Waals surface area contributed by atoms with Crippen LogP contribution in [-0.2, 0) is 14.3 Å². The SMILES string of the molecule is COCCNC(=O)CC(=O)Nc1cccc(Cl)c1C. The van der Waals surface area contributed by atoms with Gasteiger partial charge in [-0.1, -0.05) is 17.7 Å². The zero-order valence-corrected chi connectivity index (χ0v) is 11.7. The Morgan fingerprint density at radius 2 is 2.05 bits per heavy atom. The van der Waals surface area contributed by atoms with Crippen LogP contribution in [0.5, 0.6) is 0 Å². The molecule has 0 saturated carbocycles. The zero-order chi connectivity index (χ0) is 14.3. The second-order valence-corrected chi connectivity index (χ2v) is 4.39. The van der Waals surface area contributed by atoms with Crippen LogP contribution < -0.4 is 10.6 Å². The first kappa shape index (κ1) is 15.5. The maximum absolute atomic E-state index is 11.7. The van der Waals surface area contributed by atoms with Gasteiger partial charge in [0.15, 0.2) is 0 Å². The molecule has 2 N–H and O–H groups in total. The van der Waals surface area contributed by atoms with Crippen LogP contribution in [0.15, 0.2) is 18.2 Å². The monoisotopic (exact) mass is 284 g/mol. The third-order valence-electron chi connectivity index (χ3n) is 2.49. The molecule has 0 fully saturated rings. The van der Waals surface area contributed by atoms with E-state index in [0.717, 1.165) is 5.56 Å². The number of benzene rings is 1. The first-order valence-corrected chi connectivity index (χ1v) is 6.23. The summed E-state index contributed by atoms with van der Waals surface area (Å²) in [4.78, 5) is 23.1. The van der Waals surface area contributed by atoms with Crippen molar-refractivity contribution in [3.8, 4) is 0 Å². The Bertz CT molecular complexity index is 463. The van der Waals surface area contributed by atoms with Gasteiger partial charge in [0.1, 0.15) is 6.42 Å². The molecule has 0 unspecified atom stereocenters. The third kappa shape index (κ3) is 5.28. The van der Waals surface area contributed by atoms with Crippen molar-refractivity contribution in [1.29, 1.82) is 0 Å². The van der Waals surface area contributed by atoms with E-state index < -0.39 is 0 Å². The highest BCUT2D eigenvalue weighted by molar-refractivity contribution is 6.31. The predicted molar refractivity (Wildman–Crippen MR) is 74.3 cm³/mol. The fourth-order valence-corrected chi connectivity index (χ4v) is 1.61. The second kappa shape index (κ2) is 7.76. The lowest BCUT2D eigenvalue weighted by molar-refractivity contribution is -0.126. The molecule has 0 aliphatic rings. The highest BCUT2D eigenvalue weighted by atomic mass is 35.5. The lowest BCUT2D eigenvalue weighted by Gasteiger charge is -2.09. The van der Waals surface area contributed by atoms with E-state index in [9.17, 15) is 9.59 Å². The van der Waals surface area contributed by atoms with Crippen molar-refractivity contribution in [2.45, 2.75) is 13.3 Å². The van der Waals surface area contributed by atoms with Crippen molar-refractivity contribution >= 4 is 29.1 Å². The van der Waals surface area contributed by atoms with Crippen LogP contribution in [0.25, 0.3) is 0 Å². The number of hydrogen-bond acceptors (Lipinski definition) is 3. The molecule has 0 atom stereocenters. The summed E-state index contributed by atoms with van der Waals surface area (Å²) in [6.45, 7) is 2.61. The largest absolute Gasteiger partial charge is 0.383 e. The molecule has 2 amide bonds. The summed E-state index contributed by atoms with van der Waals surface area (Å²) in [7, 11) is 1.54. The van der Waals surface area contributed by atoms with E-state index >= 15 is 0 Å². The number of ether oxygens (including phenoxy) is 1. The van der Waals surface area contributed by atoms with Gasteiger partial charge >= 0.3 is 0 Å². The van der Waals surface area contributed by atoms with Gasteiger partial charge in [0.2, 0.25) is 11.8 Å². The van der Waals surface area contributed by atoms with Gasteiger partial charge in [0, 0.05) is 24.4 Å². The van der Waals surface area contributed by atoms with E-state index in [1.165, 1.54) is 0 Å². The average molecular weight is 285 g/mol. The minimum atomic E-state index is -0.375. The Kier molecular flexibility index (Phi) is 6.32. The van der Waals surface area contributed by atoms with Crippen LogP contribution in [0.3, 0.4) is 0 Å². The molecule has 0 bridgehead atoms. The van der Waals surface area contributed by atoms with E-state index in [0.29, 0.717) is 23.9 Å². The first-order chi connectivity index (χ1) is 9.04. The molecular weight excluding hydrogens is 268 g/mol. The topological polar surface area (TPSA) is 67.4 Å². The zero-order valence-electron chi connectivity index (χ0n) is 11.0. The Morgan fingerprint density at radius 1 is 1.32 bits per heavy atom. The van der Waals surface area contributed by atoms with Gasteiger partial charge in [-0.25, -0.2) is 0 Å². The molecule has 0 heterocycles. The number of anilines is 1. The predicted octanol–water partition coefficient (Wildman–Crippen LogP) is 1.74. The van der Waals surface area contributed by atoms with E-state index in [4.69, 9.17) is 16.3 Å². The van der Waals surface area contributed by atoms with E-state index in [2.05, 4.69) is 10.6 Å². The number of amides is 2. The summed E-state index contributed by atoms with van der Waals surface area (Å²) in [5, 5.41) is 5.80. The molecule has 0 aliphatic heterocycles. The number of carbonyl (C=O) groups excluding carboxylic acids is 2. The fourth-order valence-electron chi connectivity index (χ4n) is 1.44. The summed E-state index contributed by atoms with van der Waals surface area (Å²) in [5.41, 5.74) is 1.39. The molecule has 1 aromatic rings. The second-order valence-electron chi connectivity index (χ2n) is 3.98. The van der Waals surface area contributed by atoms with Gasteiger partial charge in [-0.15, -0.1) is 0 Å². The minimum absolute atomic E-state index is 0.227. The smallest absolute Gasteiger partial charge is 0.233 e. The number of halogens is 1. The van der Waals surface area contributed by atoms with Gasteiger partial charge in [-0.3, -0.25) is 9.59 Å². The molecule has 1 aromatic carbocycles. The van der Waals surface area contributed by atoms with E-state index in [-0.39, 0.29) is 18.2 Å². The summed E-state index contributed by atoms with van der Waals surface area (Å²) in [5.74, 6) is -0.713. The van der Waals surface area contributed by atoms with Crippen LogP contribution in [-0.4, -0.2) is 32.1 Å². The fraction of sp³-hybridized carbons (Fsp3) is 0.385. The molecular formula is C13H17ClN2O3. The van der Waals surface area contributed by atoms with Crippen LogP contribution >= 0.6 is 11.6 Å². The molecule has 1 rings (SSSR count). The number of methoxy groups -OCH3 is 1. The molecule has 0 radical (unpaired) electrons. The molecule has 6 heteroatoms. The van der Waals surface area contributed by atoms with Gasteiger partial charge < -0.3 is 15.4 Å². The van der Waals surface area contributed by atoms with Crippen molar-refractivity contribution in [2.75, 3.05) is 25.6 Å². The van der Waals surface area contributed by atoms with Gasteiger partial charge in [0.05, 0.1) is 6.61 Å². The summed E-state index contributed by atoms with van der Waals surface area (Å²) >= 11 is 5.94. The number of carbonyl (C=O) groups is 2. The van der Waals surface area contributed by atoms with Crippen molar-refractivity contribution < 1.29 is 14.3 Å². The van der Waals surface area contributed by atoms with Gasteiger partial charge in [0.25, 0.3) is 0 Å². The standard InChI is InChI=1S/C13H17ClN2O3/c1-9-10(14)4-3-5-11(9)16-13(18)8-12(17)15-6-7-19-2/h3-5H,6-8H2,1-2H3,(H,15,17)(H,16,18). The van der Waals surface area contributed by atoms with Crippen LogP contribution in [0.4, 0.5) is 5.69 Å². The van der Waals surface area contributed by atoms with Crippen LogP contribution in [0, 0.1) is 6.92 Å². The third-order valence-corrected chi connectivity index (χ3v) is 2.90. The van der Waals surface area contributed by atoms with Crippen LogP contribution in [0.1, 0.15) is 12.0 Å². The summed E-state index contributed by atoms with van der Waals surface area (Å²) < 4.78 is 4.79. The molecule has 0 spiro atoms. The van der Waals surface area contributed by atoms with Crippen molar-refractivity contribution in [2.24, 2.45) is 0 Å². The molecule has 0 aromatic heterocycles. The Labute approximate surface area is 117 Å². The Hall–Kier alpha value is -1.59.